The molecule has 0 saturated carbocycles. The largest absolute Gasteiger partial charge is 0.384 e. The average Bonchev–Trinajstić information content (AvgIpc) is 2.92. The van der Waals surface area contributed by atoms with Crippen LogP contribution in [0.4, 0.5) is 5.13 Å². The monoisotopic (exact) mass is 304 g/mol. The minimum absolute atomic E-state index is 0.193. The summed E-state index contributed by atoms with van der Waals surface area (Å²) in [4.78, 5) is 17.9. The molecule has 2 N–H and O–H groups in total. The first-order valence-corrected chi connectivity index (χ1v) is 7.78. The smallest absolute Gasteiger partial charge is 0.257 e. The minimum atomic E-state index is -0.200. The number of thiazole rings is 1. The lowest BCUT2D eigenvalue weighted by Crippen LogP contribution is -2.11. The van der Waals surface area contributed by atoms with Crippen molar-refractivity contribution in [2.75, 3.05) is 18.2 Å². The Kier molecular flexibility index (Phi) is 5.18. The zero-order chi connectivity index (χ0) is 14.4. The second kappa shape index (κ2) is 7.10. The van der Waals surface area contributed by atoms with Crippen LogP contribution in [0.5, 0.6) is 0 Å². The summed E-state index contributed by atoms with van der Waals surface area (Å²) in [6.07, 6.45) is 3.55. The molecule has 2 aromatic rings. The van der Waals surface area contributed by atoms with Crippen molar-refractivity contribution in [3.05, 3.63) is 40.9 Å². The Morgan fingerprint density at radius 3 is 2.85 bits per heavy atom. The van der Waals surface area contributed by atoms with Crippen LogP contribution in [-0.4, -0.2) is 28.9 Å². The Morgan fingerprint density at radius 2 is 2.20 bits per heavy atom. The highest BCUT2D eigenvalue weighted by molar-refractivity contribution is 7.98. The second-order valence-electron chi connectivity index (χ2n) is 3.67. The van der Waals surface area contributed by atoms with Gasteiger partial charge < -0.3 is 5.11 Å². The van der Waals surface area contributed by atoms with Crippen molar-refractivity contribution < 1.29 is 9.90 Å². The number of amides is 1. The van der Waals surface area contributed by atoms with Crippen LogP contribution in [0.2, 0.25) is 0 Å². The maximum atomic E-state index is 12.0. The molecule has 1 heterocycles. The van der Waals surface area contributed by atoms with E-state index >= 15 is 0 Å². The van der Waals surface area contributed by atoms with Crippen molar-refractivity contribution >= 4 is 34.1 Å². The summed E-state index contributed by atoms with van der Waals surface area (Å²) in [5.41, 5.74) is 0.584. The molecule has 0 bridgehead atoms. The third-order valence-electron chi connectivity index (χ3n) is 2.37. The summed E-state index contributed by atoms with van der Waals surface area (Å²) in [5, 5.41) is 11.8. The first-order chi connectivity index (χ1) is 9.72. The highest BCUT2D eigenvalue weighted by Gasteiger charge is 2.08. The van der Waals surface area contributed by atoms with E-state index in [4.69, 9.17) is 5.11 Å². The van der Waals surface area contributed by atoms with Gasteiger partial charge in [0, 0.05) is 10.5 Å². The summed E-state index contributed by atoms with van der Waals surface area (Å²) < 4.78 is 0. The van der Waals surface area contributed by atoms with E-state index in [0.29, 0.717) is 15.6 Å². The first kappa shape index (κ1) is 14.6. The molecule has 0 aliphatic rings. The summed E-state index contributed by atoms with van der Waals surface area (Å²) in [5.74, 6) is 5.08. The highest BCUT2D eigenvalue weighted by atomic mass is 32.2. The molecule has 0 saturated heterocycles. The van der Waals surface area contributed by atoms with Crippen molar-refractivity contribution in [1.29, 1.82) is 0 Å². The maximum Gasteiger partial charge on any atom is 0.257 e. The van der Waals surface area contributed by atoms with Gasteiger partial charge in [0.1, 0.15) is 6.61 Å². The molecule has 20 heavy (non-hydrogen) atoms. The van der Waals surface area contributed by atoms with Gasteiger partial charge in [0.25, 0.3) is 5.91 Å². The average molecular weight is 304 g/mol. The van der Waals surface area contributed by atoms with Gasteiger partial charge in [-0.25, -0.2) is 4.98 Å². The van der Waals surface area contributed by atoms with E-state index in [1.54, 1.807) is 30.1 Å². The van der Waals surface area contributed by atoms with Gasteiger partial charge in [-0.1, -0.05) is 23.2 Å². The van der Waals surface area contributed by atoms with Crippen LogP contribution in [-0.2, 0) is 0 Å². The van der Waals surface area contributed by atoms with Gasteiger partial charge in [-0.15, -0.1) is 11.8 Å². The number of hydrogen-bond acceptors (Lipinski definition) is 5. The number of aliphatic hydroxyl groups excluding tert-OH is 1. The van der Waals surface area contributed by atoms with Crippen LogP contribution < -0.4 is 5.32 Å². The number of nitrogens with one attached hydrogen (secondary N) is 1. The summed E-state index contributed by atoms with van der Waals surface area (Å²) in [6.45, 7) is -0.193. The molecule has 0 fully saturated rings. The van der Waals surface area contributed by atoms with Gasteiger partial charge in [-0.05, 0) is 30.5 Å². The summed E-state index contributed by atoms with van der Waals surface area (Å²) in [6, 6.07) is 7.36. The number of benzene rings is 1. The van der Waals surface area contributed by atoms with E-state index in [0.717, 1.165) is 4.90 Å². The standard InChI is InChI=1S/C14H12N2O2S2/c1-19-11-6-4-10(5-7-11)13(18)16-14-15-9-12(20-14)3-2-8-17/h4-7,9,17H,8H2,1H3,(H,15,16,18). The van der Waals surface area contributed by atoms with Crippen LogP contribution in [0, 0.1) is 11.8 Å². The fraction of sp³-hybridized carbons (Fsp3) is 0.143. The predicted octanol–water partition coefficient (Wildman–Crippen LogP) is 2.46. The number of aliphatic hydroxyl groups is 1. The number of carbonyl (C=O) groups is 1. The van der Waals surface area contributed by atoms with E-state index in [9.17, 15) is 4.79 Å². The lowest BCUT2D eigenvalue weighted by atomic mass is 10.2. The Labute approximate surface area is 125 Å². The number of carbonyl (C=O) groups excluding carboxylic acids is 1. The SMILES string of the molecule is CSc1ccc(C(=O)Nc2ncc(C#CCO)s2)cc1. The molecule has 0 aliphatic carbocycles. The number of nitrogens with zero attached hydrogens (tertiary/aromatic N) is 1. The number of aromatic nitrogens is 1. The molecule has 2 rings (SSSR count). The number of thioether (sulfide) groups is 1. The number of rotatable bonds is 3. The van der Waals surface area contributed by atoms with Gasteiger partial charge in [0.05, 0.1) is 11.1 Å². The lowest BCUT2D eigenvalue weighted by molar-refractivity contribution is 0.102. The molecule has 0 aliphatic heterocycles. The Hall–Kier alpha value is -1.81. The molecular weight excluding hydrogens is 292 g/mol. The third-order valence-corrected chi connectivity index (χ3v) is 3.94. The van der Waals surface area contributed by atoms with E-state index in [1.165, 1.54) is 11.3 Å². The van der Waals surface area contributed by atoms with Gasteiger partial charge in [0.2, 0.25) is 0 Å². The maximum absolute atomic E-state index is 12.0. The molecular formula is C14H12N2O2S2. The van der Waals surface area contributed by atoms with E-state index in [2.05, 4.69) is 22.1 Å². The Bertz CT molecular complexity index is 654. The molecule has 4 nitrogen and oxygen atoms in total. The van der Waals surface area contributed by atoms with Crippen LogP contribution >= 0.6 is 23.1 Å². The molecule has 1 aromatic heterocycles. The fourth-order valence-corrected chi connectivity index (χ4v) is 2.52. The number of anilines is 1. The van der Waals surface area contributed by atoms with Crippen molar-refractivity contribution in [2.24, 2.45) is 0 Å². The lowest BCUT2D eigenvalue weighted by Gasteiger charge is -2.02. The van der Waals surface area contributed by atoms with E-state index in [-0.39, 0.29) is 12.5 Å². The van der Waals surface area contributed by atoms with Crippen molar-refractivity contribution in [3.63, 3.8) is 0 Å². The van der Waals surface area contributed by atoms with E-state index in [1.807, 2.05) is 18.4 Å². The van der Waals surface area contributed by atoms with Crippen LogP contribution in [0.25, 0.3) is 0 Å². The van der Waals surface area contributed by atoms with Crippen LogP contribution in [0.15, 0.2) is 35.4 Å². The van der Waals surface area contributed by atoms with Crippen LogP contribution in [0.1, 0.15) is 15.2 Å². The van der Waals surface area contributed by atoms with Gasteiger partial charge in [0.15, 0.2) is 5.13 Å². The minimum Gasteiger partial charge on any atom is -0.384 e. The second-order valence-corrected chi connectivity index (χ2v) is 5.58. The molecule has 6 heteroatoms. The zero-order valence-corrected chi connectivity index (χ0v) is 12.3. The van der Waals surface area contributed by atoms with E-state index < -0.39 is 0 Å². The quantitative estimate of drug-likeness (QED) is 0.675. The van der Waals surface area contributed by atoms with Crippen molar-refractivity contribution in [2.45, 2.75) is 4.90 Å². The molecule has 0 radical (unpaired) electrons. The van der Waals surface area contributed by atoms with Crippen molar-refractivity contribution in [1.82, 2.24) is 4.98 Å². The highest BCUT2D eigenvalue weighted by Crippen LogP contribution is 2.19. The van der Waals surface area contributed by atoms with Gasteiger partial charge in [-0.2, -0.15) is 0 Å². The zero-order valence-electron chi connectivity index (χ0n) is 10.7. The van der Waals surface area contributed by atoms with Crippen LogP contribution in [0.3, 0.4) is 0 Å². The third kappa shape index (κ3) is 3.84. The molecule has 1 aromatic carbocycles. The van der Waals surface area contributed by atoms with Gasteiger partial charge in [-0.3, -0.25) is 10.1 Å². The Balaban J connectivity index is 2.05. The summed E-state index contributed by atoms with van der Waals surface area (Å²) in [7, 11) is 0. The molecule has 1 amide bonds. The molecule has 0 unspecified atom stereocenters. The predicted molar refractivity (Wildman–Crippen MR) is 82.3 cm³/mol. The topological polar surface area (TPSA) is 62.2 Å². The Morgan fingerprint density at radius 1 is 1.45 bits per heavy atom. The molecule has 0 spiro atoms. The normalized spacial score (nSPS) is 9.70. The first-order valence-electron chi connectivity index (χ1n) is 5.74. The summed E-state index contributed by atoms with van der Waals surface area (Å²) >= 11 is 2.90. The van der Waals surface area contributed by atoms with Crippen molar-refractivity contribution in [3.8, 4) is 11.8 Å². The molecule has 102 valence electrons. The van der Waals surface area contributed by atoms with Gasteiger partial charge >= 0.3 is 0 Å². The number of hydrogen-bond donors (Lipinski definition) is 2. The molecule has 0 atom stereocenters. The fourth-order valence-electron chi connectivity index (χ4n) is 1.43.